The zero-order valence-corrected chi connectivity index (χ0v) is 10.2. The van der Waals surface area contributed by atoms with E-state index in [4.69, 9.17) is 4.42 Å². The molecule has 0 bridgehead atoms. The number of rotatable bonds is 1. The Morgan fingerprint density at radius 1 is 1.20 bits per heavy atom. The summed E-state index contributed by atoms with van der Waals surface area (Å²) in [5, 5.41) is 0. The Balaban J connectivity index is 0.000000531. The molecule has 1 aromatic heterocycles. The lowest BCUT2D eigenvalue weighted by molar-refractivity contribution is 0.501. The summed E-state index contributed by atoms with van der Waals surface area (Å²) in [5.41, 5.74) is 3.06. The molecule has 0 fully saturated rings. The second-order valence-corrected chi connectivity index (χ2v) is 3.68. The molecule has 2 nitrogen and oxygen atoms in total. The van der Waals surface area contributed by atoms with Gasteiger partial charge in [0.1, 0.15) is 5.52 Å². The Hall–Kier alpha value is -1.31. The van der Waals surface area contributed by atoms with Crippen LogP contribution in [0.3, 0.4) is 0 Å². The molecule has 0 N–H and O–H groups in total. The van der Waals surface area contributed by atoms with Gasteiger partial charge in [0.15, 0.2) is 11.5 Å². The molecule has 2 rings (SSSR count). The zero-order valence-electron chi connectivity index (χ0n) is 10.2. The van der Waals surface area contributed by atoms with Crippen molar-refractivity contribution in [2.45, 2.75) is 40.5 Å². The van der Waals surface area contributed by atoms with E-state index in [0.717, 1.165) is 17.0 Å². The largest absolute Gasteiger partial charge is 0.440 e. The first-order valence-electron chi connectivity index (χ1n) is 5.54. The number of hydrogen-bond donors (Lipinski definition) is 0. The number of aryl methyl sites for hydroxylation is 1. The molecule has 0 amide bonds. The van der Waals surface area contributed by atoms with Crippen LogP contribution in [0, 0.1) is 6.92 Å². The van der Waals surface area contributed by atoms with Crippen LogP contribution < -0.4 is 0 Å². The summed E-state index contributed by atoms with van der Waals surface area (Å²) in [6.07, 6.45) is 0. The van der Waals surface area contributed by atoms with Crippen molar-refractivity contribution in [2.75, 3.05) is 0 Å². The number of benzene rings is 1. The number of aromatic nitrogens is 1. The molecule has 2 heteroatoms. The first kappa shape index (κ1) is 11.8. The average molecular weight is 205 g/mol. The maximum absolute atomic E-state index is 5.57. The van der Waals surface area contributed by atoms with E-state index < -0.39 is 0 Å². The van der Waals surface area contributed by atoms with Crippen molar-refractivity contribution >= 4 is 11.1 Å². The summed E-state index contributed by atoms with van der Waals surface area (Å²) >= 11 is 0. The lowest BCUT2D eigenvalue weighted by atomic mass is 10.2. The molecule has 0 unspecified atom stereocenters. The second-order valence-electron chi connectivity index (χ2n) is 3.68. The van der Waals surface area contributed by atoms with E-state index in [1.54, 1.807) is 0 Å². The van der Waals surface area contributed by atoms with Crippen LogP contribution in [0.2, 0.25) is 0 Å². The van der Waals surface area contributed by atoms with Gasteiger partial charge in [-0.15, -0.1) is 0 Å². The van der Waals surface area contributed by atoms with E-state index in [9.17, 15) is 0 Å². The van der Waals surface area contributed by atoms with Crippen LogP contribution in [0.5, 0.6) is 0 Å². The maximum Gasteiger partial charge on any atom is 0.198 e. The van der Waals surface area contributed by atoms with Gasteiger partial charge in [-0.1, -0.05) is 33.8 Å². The van der Waals surface area contributed by atoms with E-state index in [0.29, 0.717) is 5.92 Å². The van der Waals surface area contributed by atoms with Crippen LogP contribution in [-0.2, 0) is 0 Å². The molecule has 0 aliphatic carbocycles. The van der Waals surface area contributed by atoms with Crippen molar-refractivity contribution in [3.8, 4) is 0 Å². The van der Waals surface area contributed by atoms with Crippen LogP contribution in [0.15, 0.2) is 22.6 Å². The predicted octanol–water partition coefficient (Wildman–Crippen LogP) is 4.29. The lowest BCUT2D eigenvalue weighted by Crippen LogP contribution is -1.84. The maximum atomic E-state index is 5.57. The second kappa shape index (κ2) is 4.96. The molecular weight excluding hydrogens is 186 g/mol. The van der Waals surface area contributed by atoms with Gasteiger partial charge in [0.25, 0.3) is 0 Å². The zero-order chi connectivity index (χ0) is 11.4. The lowest BCUT2D eigenvalue weighted by Gasteiger charge is -1.93. The van der Waals surface area contributed by atoms with Crippen molar-refractivity contribution in [3.63, 3.8) is 0 Å². The summed E-state index contributed by atoms with van der Waals surface area (Å²) < 4.78 is 5.57. The van der Waals surface area contributed by atoms with Gasteiger partial charge in [-0.05, 0) is 24.6 Å². The smallest absolute Gasteiger partial charge is 0.198 e. The number of hydrogen-bond acceptors (Lipinski definition) is 2. The number of fused-ring (bicyclic) bond motifs is 1. The molecule has 0 aliphatic rings. The summed E-state index contributed by atoms with van der Waals surface area (Å²) in [7, 11) is 0. The quantitative estimate of drug-likeness (QED) is 0.694. The molecule has 0 aliphatic heterocycles. The molecule has 1 aromatic carbocycles. The molecule has 1 heterocycles. The molecule has 15 heavy (non-hydrogen) atoms. The highest BCUT2D eigenvalue weighted by Crippen LogP contribution is 2.21. The molecular formula is C13H19NO. The highest BCUT2D eigenvalue weighted by atomic mass is 16.3. The van der Waals surface area contributed by atoms with Crippen molar-refractivity contribution < 1.29 is 4.42 Å². The minimum Gasteiger partial charge on any atom is -0.440 e. The summed E-state index contributed by atoms with van der Waals surface area (Å²) in [6.45, 7) is 10.2. The minimum absolute atomic E-state index is 0.354. The first-order valence-corrected chi connectivity index (χ1v) is 5.54. The first-order chi connectivity index (χ1) is 7.16. The third-order valence-electron chi connectivity index (χ3n) is 2.05. The van der Waals surface area contributed by atoms with E-state index in [1.165, 1.54) is 5.56 Å². The molecule has 0 saturated heterocycles. The van der Waals surface area contributed by atoms with Gasteiger partial charge in [-0.2, -0.15) is 0 Å². The fraction of sp³-hybridized carbons (Fsp3) is 0.462. The van der Waals surface area contributed by atoms with Gasteiger partial charge >= 0.3 is 0 Å². The Morgan fingerprint density at radius 2 is 1.87 bits per heavy atom. The average Bonchev–Trinajstić information content (AvgIpc) is 2.63. The fourth-order valence-electron chi connectivity index (χ4n) is 1.30. The van der Waals surface area contributed by atoms with Crippen LogP contribution in [-0.4, -0.2) is 4.98 Å². The molecule has 82 valence electrons. The molecule has 0 spiro atoms. The fourth-order valence-corrected chi connectivity index (χ4v) is 1.30. The van der Waals surface area contributed by atoms with Crippen molar-refractivity contribution in [1.29, 1.82) is 0 Å². The van der Waals surface area contributed by atoms with Gasteiger partial charge in [-0.25, -0.2) is 4.98 Å². The number of oxazole rings is 1. The van der Waals surface area contributed by atoms with Gasteiger partial charge in [0.2, 0.25) is 0 Å². The Morgan fingerprint density at radius 3 is 2.47 bits per heavy atom. The van der Waals surface area contributed by atoms with E-state index in [1.807, 2.05) is 32.0 Å². The van der Waals surface area contributed by atoms with Crippen LogP contribution in [0.4, 0.5) is 0 Å². The summed E-state index contributed by atoms with van der Waals surface area (Å²) in [6, 6.07) is 6.06. The van der Waals surface area contributed by atoms with E-state index >= 15 is 0 Å². The van der Waals surface area contributed by atoms with Crippen LogP contribution in [0.25, 0.3) is 11.1 Å². The van der Waals surface area contributed by atoms with Crippen LogP contribution >= 0.6 is 0 Å². The molecule has 0 saturated carbocycles. The summed E-state index contributed by atoms with van der Waals surface area (Å²) in [5.74, 6) is 1.17. The summed E-state index contributed by atoms with van der Waals surface area (Å²) in [4.78, 5) is 4.41. The van der Waals surface area contributed by atoms with Crippen molar-refractivity contribution in [3.05, 3.63) is 29.7 Å². The normalized spacial score (nSPS) is 10.3. The standard InChI is InChI=1S/C11H13NO.C2H6/c1-7(2)11-12-9-6-8(3)4-5-10(9)13-11;1-2/h4-7H,1-3H3;1-2H3. The van der Waals surface area contributed by atoms with Crippen molar-refractivity contribution in [2.24, 2.45) is 0 Å². The monoisotopic (exact) mass is 205 g/mol. The highest BCUT2D eigenvalue weighted by molar-refractivity contribution is 5.73. The molecule has 0 atom stereocenters. The van der Waals surface area contributed by atoms with E-state index in [2.05, 4.69) is 25.8 Å². The third kappa shape index (κ3) is 2.58. The highest BCUT2D eigenvalue weighted by Gasteiger charge is 2.08. The molecule has 0 radical (unpaired) electrons. The number of nitrogens with zero attached hydrogens (tertiary/aromatic N) is 1. The molecule has 2 aromatic rings. The van der Waals surface area contributed by atoms with Gasteiger partial charge in [0, 0.05) is 5.92 Å². The predicted molar refractivity (Wildman–Crippen MR) is 64.2 cm³/mol. The SMILES string of the molecule is CC.Cc1ccc2oc(C(C)C)nc2c1. The van der Waals surface area contributed by atoms with Crippen LogP contribution in [0.1, 0.15) is 45.1 Å². The topological polar surface area (TPSA) is 26.0 Å². The third-order valence-corrected chi connectivity index (χ3v) is 2.05. The Bertz CT molecular complexity index is 429. The van der Waals surface area contributed by atoms with Gasteiger partial charge in [-0.3, -0.25) is 0 Å². The Labute approximate surface area is 91.3 Å². The minimum atomic E-state index is 0.354. The van der Waals surface area contributed by atoms with Gasteiger partial charge in [0.05, 0.1) is 0 Å². The Kier molecular flexibility index (Phi) is 3.89. The van der Waals surface area contributed by atoms with E-state index in [-0.39, 0.29) is 0 Å². The van der Waals surface area contributed by atoms with Crippen molar-refractivity contribution in [1.82, 2.24) is 4.98 Å². The van der Waals surface area contributed by atoms with Gasteiger partial charge < -0.3 is 4.42 Å².